The van der Waals surface area contributed by atoms with E-state index in [9.17, 15) is 4.79 Å². The predicted molar refractivity (Wildman–Crippen MR) is 96.1 cm³/mol. The van der Waals surface area contributed by atoms with Gasteiger partial charge in [0, 0.05) is 36.4 Å². The predicted octanol–water partition coefficient (Wildman–Crippen LogP) is 3.71. The summed E-state index contributed by atoms with van der Waals surface area (Å²) >= 11 is 1.79. The topological polar surface area (TPSA) is 59.2 Å². The molecule has 0 atom stereocenters. The van der Waals surface area contributed by atoms with E-state index in [1.165, 1.54) is 10.4 Å². The molecule has 0 saturated carbocycles. The zero-order valence-electron chi connectivity index (χ0n) is 13.9. The van der Waals surface area contributed by atoms with Crippen LogP contribution in [0.5, 0.6) is 0 Å². The smallest absolute Gasteiger partial charge is 0.247 e. The lowest BCUT2D eigenvalue weighted by Gasteiger charge is -2.27. The molecule has 6 heteroatoms. The molecule has 3 heterocycles. The Bertz CT molecular complexity index is 856. The maximum atomic E-state index is 12.4. The van der Waals surface area contributed by atoms with Crippen LogP contribution < -0.4 is 0 Å². The Morgan fingerprint density at radius 1 is 1.20 bits per heavy atom. The van der Waals surface area contributed by atoms with Crippen molar-refractivity contribution in [1.29, 1.82) is 0 Å². The molecule has 1 amide bonds. The van der Waals surface area contributed by atoms with Gasteiger partial charge in [-0.15, -0.1) is 21.5 Å². The minimum Gasteiger partial charge on any atom is -0.421 e. The highest BCUT2D eigenvalue weighted by atomic mass is 32.1. The van der Waals surface area contributed by atoms with E-state index >= 15 is 0 Å². The molecule has 0 radical (unpaired) electrons. The number of aryl methyl sites for hydroxylation is 1. The first kappa shape index (κ1) is 16.0. The van der Waals surface area contributed by atoms with Crippen molar-refractivity contribution in [2.45, 2.75) is 32.2 Å². The summed E-state index contributed by atoms with van der Waals surface area (Å²) in [6.07, 6.45) is 2.84. The third-order valence-electron chi connectivity index (χ3n) is 4.43. The number of carbonyl (C=O) groups excluding carboxylic acids is 1. The van der Waals surface area contributed by atoms with Gasteiger partial charge in [0.25, 0.3) is 0 Å². The molecule has 3 aromatic rings. The third kappa shape index (κ3) is 3.64. The van der Waals surface area contributed by atoms with Crippen LogP contribution in [-0.2, 0) is 24.2 Å². The van der Waals surface area contributed by atoms with Crippen LogP contribution in [0, 0.1) is 0 Å². The van der Waals surface area contributed by atoms with Gasteiger partial charge in [-0.2, -0.15) is 0 Å². The summed E-state index contributed by atoms with van der Waals surface area (Å²) in [4.78, 5) is 15.8. The number of benzene rings is 1. The number of nitrogens with zero attached hydrogens (tertiary/aromatic N) is 3. The van der Waals surface area contributed by atoms with Crippen LogP contribution >= 0.6 is 11.3 Å². The lowest BCUT2D eigenvalue weighted by molar-refractivity contribution is -0.132. The summed E-state index contributed by atoms with van der Waals surface area (Å²) in [7, 11) is 0. The van der Waals surface area contributed by atoms with E-state index in [1.54, 1.807) is 11.3 Å². The lowest BCUT2D eigenvalue weighted by atomic mass is 10.1. The van der Waals surface area contributed by atoms with Crippen molar-refractivity contribution in [3.63, 3.8) is 0 Å². The number of rotatable bonds is 5. The van der Waals surface area contributed by atoms with Crippen LogP contribution in [0.2, 0.25) is 0 Å². The quantitative estimate of drug-likeness (QED) is 0.702. The van der Waals surface area contributed by atoms with Crippen LogP contribution in [0.3, 0.4) is 0 Å². The Hall–Kier alpha value is -2.47. The van der Waals surface area contributed by atoms with Gasteiger partial charge in [-0.05, 0) is 42.0 Å². The molecule has 0 aliphatic carbocycles. The molecule has 0 N–H and O–H groups in total. The zero-order chi connectivity index (χ0) is 17.1. The van der Waals surface area contributed by atoms with Crippen LogP contribution in [-0.4, -0.2) is 27.5 Å². The van der Waals surface area contributed by atoms with E-state index in [-0.39, 0.29) is 5.91 Å². The molecule has 128 valence electrons. The number of amides is 1. The Morgan fingerprint density at radius 2 is 2.08 bits per heavy atom. The molecule has 0 bridgehead atoms. The van der Waals surface area contributed by atoms with E-state index in [4.69, 9.17) is 4.42 Å². The van der Waals surface area contributed by atoms with Crippen LogP contribution in [0.4, 0.5) is 0 Å². The SMILES string of the molecule is O=C(CCCc1nnc(-c2ccccc2)o1)N1CCc2sccc2C1. The Morgan fingerprint density at radius 3 is 2.96 bits per heavy atom. The van der Waals surface area contributed by atoms with E-state index in [0.29, 0.717) is 24.6 Å². The maximum Gasteiger partial charge on any atom is 0.247 e. The molecule has 5 nitrogen and oxygen atoms in total. The van der Waals surface area contributed by atoms with Gasteiger partial charge < -0.3 is 9.32 Å². The molecule has 4 rings (SSSR count). The van der Waals surface area contributed by atoms with Crippen LogP contribution in [0.1, 0.15) is 29.2 Å². The van der Waals surface area contributed by atoms with Crippen molar-refractivity contribution in [1.82, 2.24) is 15.1 Å². The molecule has 1 aliphatic heterocycles. The number of hydrogen-bond donors (Lipinski definition) is 0. The van der Waals surface area contributed by atoms with Crippen molar-refractivity contribution >= 4 is 17.2 Å². The molecule has 25 heavy (non-hydrogen) atoms. The minimum absolute atomic E-state index is 0.208. The van der Waals surface area contributed by atoms with Crippen LogP contribution in [0.15, 0.2) is 46.2 Å². The largest absolute Gasteiger partial charge is 0.421 e. The standard InChI is InChI=1S/C19H19N3O2S/c23-18(22-11-9-16-15(13-22)10-12-25-16)8-4-7-17-20-21-19(24-17)14-5-2-1-3-6-14/h1-3,5-6,10,12H,4,7-9,11,13H2. The van der Waals surface area contributed by atoms with Gasteiger partial charge in [-0.1, -0.05) is 18.2 Å². The Balaban J connectivity index is 1.28. The normalized spacial score (nSPS) is 13.7. The summed E-state index contributed by atoms with van der Waals surface area (Å²) in [6.45, 7) is 1.57. The fraction of sp³-hybridized carbons (Fsp3) is 0.316. The number of fused-ring (bicyclic) bond motifs is 1. The Kier molecular flexibility index (Phi) is 4.61. The number of hydrogen-bond acceptors (Lipinski definition) is 5. The highest BCUT2D eigenvalue weighted by Crippen LogP contribution is 2.24. The van der Waals surface area contributed by atoms with E-state index in [2.05, 4.69) is 21.6 Å². The zero-order valence-corrected chi connectivity index (χ0v) is 14.7. The van der Waals surface area contributed by atoms with Gasteiger partial charge in [-0.25, -0.2) is 0 Å². The first-order valence-corrected chi connectivity index (χ1v) is 9.38. The lowest BCUT2D eigenvalue weighted by Crippen LogP contribution is -2.35. The average molecular weight is 353 g/mol. The van der Waals surface area contributed by atoms with Gasteiger partial charge in [-0.3, -0.25) is 4.79 Å². The summed E-state index contributed by atoms with van der Waals surface area (Å²) < 4.78 is 5.69. The molecule has 0 fully saturated rings. The average Bonchev–Trinajstić information content (AvgIpc) is 3.31. The summed E-state index contributed by atoms with van der Waals surface area (Å²) in [5.41, 5.74) is 2.21. The van der Waals surface area contributed by atoms with Gasteiger partial charge >= 0.3 is 0 Å². The highest BCUT2D eigenvalue weighted by Gasteiger charge is 2.21. The van der Waals surface area contributed by atoms with Crippen molar-refractivity contribution < 1.29 is 9.21 Å². The molecule has 1 aliphatic rings. The Labute approximate surface area is 150 Å². The second kappa shape index (κ2) is 7.19. The van der Waals surface area contributed by atoms with E-state index in [0.717, 1.165) is 31.5 Å². The van der Waals surface area contributed by atoms with Crippen molar-refractivity contribution in [2.75, 3.05) is 6.54 Å². The molecule has 0 saturated heterocycles. The van der Waals surface area contributed by atoms with E-state index in [1.807, 2.05) is 35.2 Å². The van der Waals surface area contributed by atoms with E-state index < -0.39 is 0 Å². The highest BCUT2D eigenvalue weighted by molar-refractivity contribution is 7.10. The van der Waals surface area contributed by atoms with Crippen LogP contribution in [0.25, 0.3) is 11.5 Å². The second-order valence-electron chi connectivity index (χ2n) is 6.15. The molecule has 0 unspecified atom stereocenters. The van der Waals surface area contributed by atoms with Gasteiger partial charge in [0.05, 0.1) is 0 Å². The molecular formula is C19H19N3O2S. The van der Waals surface area contributed by atoms with Gasteiger partial charge in [0.2, 0.25) is 17.7 Å². The third-order valence-corrected chi connectivity index (χ3v) is 5.45. The number of carbonyl (C=O) groups is 1. The fourth-order valence-corrected chi connectivity index (χ4v) is 3.95. The molecule has 0 spiro atoms. The van der Waals surface area contributed by atoms with Crippen molar-refractivity contribution in [3.05, 3.63) is 58.1 Å². The van der Waals surface area contributed by atoms with Crippen molar-refractivity contribution in [3.8, 4) is 11.5 Å². The number of thiophene rings is 1. The van der Waals surface area contributed by atoms with Gasteiger partial charge in [0.1, 0.15) is 0 Å². The monoisotopic (exact) mass is 353 g/mol. The molecule has 1 aromatic carbocycles. The summed E-state index contributed by atoms with van der Waals surface area (Å²) in [5.74, 6) is 1.33. The first-order valence-electron chi connectivity index (χ1n) is 8.50. The molecular weight excluding hydrogens is 334 g/mol. The number of aromatic nitrogens is 2. The minimum atomic E-state index is 0.208. The molecule has 2 aromatic heterocycles. The second-order valence-corrected chi connectivity index (χ2v) is 7.16. The summed E-state index contributed by atoms with van der Waals surface area (Å²) in [5, 5.41) is 10.3. The summed E-state index contributed by atoms with van der Waals surface area (Å²) in [6, 6.07) is 11.8. The first-order chi connectivity index (χ1) is 12.3. The van der Waals surface area contributed by atoms with Crippen molar-refractivity contribution in [2.24, 2.45) is 0 Å². The fourth-order valence-electron chi connectivity index (χ4n) is 3.06. The van der Waals surface area contributed by atoms with Gasteiger partial charge in [0.15, 0.2) is 0 Å². The maximum absolute atomic E-state index is 12.4.